The van der Waals surface area contributed by atoms with Crippen molar-refractivity contribution in [1.82, 2.24) is 10.3 Å². The molecule has 0 amide bonds. The number of hydrogen-bond acceptors (Lipinski definition) is 4. The lowest BCUT2D eigenvalue weighted by molar-refractivity contribution is 0.413. The number of pyridine rings is 1. The standard InChI is InChI=1S/C11H16ClN3O/c1-16-9-7-10(11(12)14-8-9)15-5-2-3-13-4-6-15/h7-8,13H,2-6H2,1H3. The first-order chi connectivity index (χ1) is 7.81. The Morgan fingerprint density at radius 1 is 1.44 bits per heavy atom. The highest BCUT2D eigenvalue weighted by Gasteiger charge is 2.14. The van der Waals surface area contributed by atoms with Gasteiger partial charge in [-0.05, 0) is 13.0 Å². The van der Waals surface area contributed by atoms with E-state index in [2.05, 4.69) is 15.2 Å². The zero-order valence-corrected chi connectivity index (χ0v) is 10.1. The van der Waals surface area contributed by atoms with Gasteiger partial charge in [0, 0.05) is 25.7 Å². The molecule has 0 saturated carbocycles. The van der Waals surface area contributed by atoms with Crippen LogP contribution in [-0.2, 0) is 0 Å². The zero-order chi connectivity index (χ0) is 11.4. The van der Waals surface area contributed by atoms with Crippen molar-refractivity contribution in [3.63, 3.8) is 0 Å². The summed E-state index contributed by atoms with van der Waals surface area (Å²) in [7, 11) is 1.64. The van der Waals surface area contributed by atoms with Crippen LogP contribution < -0.4 is 15.0 Å². The highest BCUT2D eigenvalue weighted by molar-refractivity contribution is 6.32. The number of anilines is 1. The Balaban J connectivity index is 2.22. The van der Waals surface area contributed by atoms with E-state index >= 15 is 0 Å². The van der Waals surface area contributed by atoms with E-state index in [0.717, 1.165) is 44.0 Å². The summed E-state index contributed by atoms with van der Waals surface area (Å²) >= 11 is 6.11. The normalized spacial score (nSPS) is 17.0. The molecule has 1 fully saturated rings. The topological polar surface area (TPSA) is 37.4 Å². The predicted molar refractivity (Wildman–Crippen MR) is 65.5 cm³/mol. The van der Waals surface area contributed by atoms with Crippen LogP contribution >= 0.6 is 11.6 Å². The van der Waals surface area contributed by atoms with Gasteiger partial charge in [0.25, 0.3) is 0 Å². The van der Waals surface area contributed by atoms with E-state index in [1.165, 1.54) is 0 Å². The second-order valence-electron chi connectivity index (χ2n) is 3.78. The Bertz CT molecular complexity index is 351. The molecule has 0 atom stereocenters. The van der Waals surface area contributed by atoms with Gasteiger partial charge in [-0.25, -0.2) is 4.98 Å². The molecule has 0 radical (unpaired) electrons. The second kappa shape index (κ2) is 5.37. The molecular weight excluding hydrogens is 226 g/mol. The molecule has 1 aliphatic heterocycles. The summed E-state index contributed by atoms with van der Waals surface area (Å²) < 4.78 is 5.17. The highest BCUT2D eigenvalue weighted by Crippen LogP contribution is 2.27. The average molecular weight is 242 g/mol. The molecule has 1 aromatic rings. The summed E-state index contributed by atoms with van der Waals surface area (Å²) in [5.74, 6) is 0.747. The van der Waals surface area contributed by atoms with Gasteiger partial charge in [0.15, 0.2) is 5.15 Å². The molecule has 0 bridgehead atoms. The third kappa shape index (κ3) is 2.57. The van der Waals surface area contributed by atoms with Gasteiger partial charge in [0.1, 0.15) is 5.75 Å². The van der Waals surface area contributed by atoms with Crippen molar-refractivity contribution in [3.8, 4) is 5.75 Å². The molecule has 2 rings (SSSR count). The summed E-state index contributed by atoms with van der Waals surface area (Å²) in [6, 6.07) is 1.95. The minimum absolute atomic E-state index is 0.544. The van der Waals surface area contributed by atoms with Gasteiger partial charge in [-0.2, -0.15) is 0 Å². The first-order valence-corrected chi connectivity index (χ1v) is 5.84. The van der Waals surface area contributed by atoms with E-state index < -0.39 is 0 Å². The SMILES string of the molecule is COc1cnc(Cl)c(N2CCCNCC2)c1. The van der Waals surface area contributed by atoms with E-state index in [1.54, 1.807) is 13.3 Å². The maximum atomic E-state index is 6.11. The van der Waals surface area contributed by atoms with Crippen LogP contribution in [0.15, 0.2) is 12.3 Å². The minimum Gasteiger partial charge on any atom is -0.495 e. The maximum Gasteiger partial charge on any atom is 0.152 e. The molecule has 5 heteroatoms. The number of nitrogens with zero attached hydrogens (tertiary/aromatic N) is 2. The van der Waals surface area contributed by atoms with Crippen LogP contribution in [0.3, 0.4) is 0 Å². The molecule has 1 saturated heterocycles. The highest BCUT2D eigenvalue weighted by atomic mass is 35.5. The minimum atomic E-state index is 0.544. The fourth-order valence-corrected chi connectivity index (χ4v) is 2.06. The predicted octanol–water partition coefficient (Wildman–Crippen LogP) is 1.54. The van der Waals surface area contributed by atoms with Crippen molar-refractivity contribution >= 4 is 17.3 Å². The fourth-order valence-electron chi connectivity index (χ4n) is 1.84. The van der Waals surface area contributed by atoms with Gasteiger partial charge in [-0.15, -0.1) is 0 Å². The summed E-state index contributed by atoms with van der Waals surface area (Å²) in [4.78, 5) is 6.38. The first kappa shape index (κ1) is 11.5. The average Bonchev–Trinajstić information content (AvgIpc) is 2.58. The van der Waals surface area contributed by atoms with Crippen molar-refractivity contribution in [2.45, 2.75) is 6.42 Å². The quantitative estimate of drug-likeness (QED) is 0.798. The fraction of sp³-hybridized carbons (Fsp3) is 0.545. The van der Waals surface area contributed by atoms with Crippen LogP contribution in [0.2, 0.25) is 5.15 Å². The zero-order valence-electron chi connectivity index (χ0n) is 9.37. The Hall–Kier alpha value is -1.00. The number of rotatable bonds is 2. The number of ether oxygens (including phenoxy) is 1. The summed E-state index contributed by atoms with van der Waals surface area (Å²) in [5.41, 5.74) is 0.963. The van der Waals surface area contributed by atoms with Crippen LogP contribution in [-0.4, -0.2) is 38.3 Å². The molecule has 1 aromatic heterocycles. The van der Waals surface area contributed by atoms with Crippen molar-refractivity contribution in [2.75, 3.05) is 38.2 Å². The van der Waals surface area contributed by atoms with Crippen LogP contribution in [0.5, 0.6) is 5.75 Å². The van der Waals surface area contributed by atoms with Crippen molar-refractivity contribution in [1.29, 1.82) is 0 Å². The van der Waals surface area contributed by atoms with E-state index in [4.69, 9.17) is 16.3 Å². The number of nitrogens with one attached hydrogen (secondary N) is 1. The van der Waals surface area contributed by atoms with Gasteiger partial charge < -0.3 is 15.0 Å². The Morgan fingerprint density at radius 2 is 2.31 bits per heavy atom. The second-order valence-corrected chi connectivity index (χ2v) is 4.13. The summed E-state index contributed by atoms with van der Waals surface area (Å²) in [6.45, 7) is 4.00. The van der Waals surface area contributed by atoms with Crippen LogP contribution in [0.25, 0.3) is 0 Å². The molecule has 16 heavy (non-hydrogen) atoms. The van der Waals surface area contributed by atoms with Crippen molar-refractivity contribution in [3.05, 3.63) is 17.4 Å². The molecule has 1 aliphatic rings. The molecule has 88 valence electrons. The van der Waals surface area contributed by atoms with E-state index in [0.29, 0.717) is 5.15 Å². The van der Waals surface area contributed by atoms with E-state index in [1.807, 2.05) is 6.07 Å². The Kier molecular flexibility index (Phi) is 3.85. The van der Waals surface area contributed by atoms with Crippen molar-refractivity contribution < 1.29 is 4.74 Å². The third-order valence-electron chi connectivity index (χ3n) is 2.71. The molecule has 1 N–H and O–H groups in total. The van der Waals surface area contributed by atoms with Gasteiger partial charge in [0.2, 0.25) is 0 Å². The number of hydrogen-bond donors (Lipinski definition) is 1. The van der Waals surface area contributed by atoms with Gasteiger partial charge >= 0.3 is 0 Å². The van der Waals surface area contributed by atoms with Crippen LogP contribution in [0, 0.1) is 0 Å². The molecule has 4 nitrogen and oxygen atoms in total. The van der Waals surface area contributed by atoms with Crippen LogP contribution in [0.4, 0.5) is 5.69 Å². The molecule has 0 aromatic carbocycles. The van der Waals surface area contributed by atoms with Crippen LogP contribution in [0.1, 0.15) is 6.42 Å². The molecule has 2 heterocycles. The Morgan fingerprint density at radius 3 is 3.12 bits per heavy atom. The van der Waals surface area contributed by atoms with Gasteiger partial charge in [0.05, 0.1) is 19.0 Å². The lowest BCUT2D eigenvalue weighted by Crippen LogP contribution is -2.28. The Labute approximate surface area is 101 Å². The van der Waals surface area contributed by atoms with E-state index in [9.17, 15) is 0 Å². The van der Waals surface area contributed by atoms with Gasteiger partial charge in [-0.1, -0.05) is 11.6 Å². The first-order valence-electron chi connectivity index (χ1n) is 5.46. The monoisotopic (exact) mass is 241 g/mol. The number of methoxy groups -OCH3 is 1. The number of aromatic nitrogens is 1. The number of halogens is 1. The third-order valence-corrected chi connectivity index (χ3v) is 3.00. The van der Waals surface area contributed by atoms with Gasteiger partial charge in [-0.3, -0.25) is 0 Å². The summed E-state index contributed by atoms with van der Waals surface area (Å²) in [6.07, 6.45) is 2.76. The largest absolute Gasteiger partial charge is 0.495 e. The molecule has 0 unspecified atom stereocenters. The van der Waals surface area contributed by atoms with E-state index in [-0.39, 0.29) is 0 Å². The molecule has 0 spiro atoms. The molecular formula is C11H16ClN3O. The maximum absolute atomic E-state index is 6.11. The van der Waals surface area contributed by atoms with Crippen molar-refractivity contribution in [2.24, 2.45) is 0 Å². The smallest absolute Gasteiger partial charge is 0.152 e. The lowest BCUT2D eigenvalue weighted by atomic mass is 10.3. The summed E-state index contributed by atoms with van der Waals surface area (Å²) in [5, 5.41) is 3.90. The lowest BCUT2D eigenvalue weighted by Gasteiger charge is -2.23. The molecule has 0 aliphatic carbocycles.